The van der Waals surface area contributed by atoms with Crippen LogP contribution in [-0.2, 0) is 20.1 Å². The van der Waals surface area contributed by atoms with Gasteiger partial charge in [0, 0.05) is 38.4 Å². The lowest BCUT2D eigenvalue weighted by Crippen LogP contribution is -2.60. The van der Waals surface area contributed by atoms with E-state index in [0.29, 0.717) is 32.5 Å². The summed E-state index contributed by atoms with van der Waals surface area (Å²) in [6.07, 6.45) is -4.17. The van der Waals surface area contributed by atoms with E-state index in [9.17, 15) is 22.8 Å². The van der Waals surface area contributed by atoms with Gasteiger partial charge < -0.3 is 29.4 Å². The summed E-state index contributed by atoms with van der Waals surface area (Å²) in [5.41, 5.74) is -0.910. The highest BCUT2D eigenvalue weighted by atomic mass is 28.4. The van der Waals surface area contributed by atoms with Crippen LogP contribution in [0.2, 0.25) is 18.1 Å². The van der Waals surface area contributed by atoms with Crippen LogP contribution in [0, 0.1) is 0 Å². The van der Waals surface area contributed by atoms with Crippen LogP contribution in [0.25, 0.3) is 0 Å². The summed E-state index contributed by atoms with van der Waals surface area (Å²) in [5.74, 6) is 0.0229. The minimum Gasteiger partial charge on any atom is -0.465 e. The number of nitrogens with one attached hydrogen (secondary N) is 1. The number of nitrogens with zero attached hydrogens (tertiary/aromatic N) is 4. The predicted molar refractivity (Wildman–Crippen MR) is 136 cm³/mol. The fraction of sp³-hybridized carbons (Fsp3) is 0.750. The SMILES string of the molecule is CC(COC1CCN([C@@H]2CCN(c3ncc(C(F)(F)F)cn3)C[C@H]2O[Si](C)(C)C(C)(C)C)C1=O)NC(=O)O. The van der Waals surface area contributed by atoms with Crippen LogP contribution in [0.3, 0.4) is 0 Å². The van der Waals surface area contributed by atoms with Crippen LogP contribution in [0.4, 0.5) is 23.9 Å². The second-order valence-corrected chi connectivity index (χ2v) is 16.2. The number of carbonyl (C=O) groups is 2. The van der Waals surface area contributed by atoms with E-state index < -0.39 is 44.4 Å². The number of alkyl halides is 3. The number of aromatic nitrogens is 2. The van der Waals surface area contributed by atoms with Crippen molar-refractivity contribution in [3.05, 3.63) is 18.0 Å². The van der Waals surface area contributed by atoms with E-state index in [2.05, 4.69) is 49.1 Å². The number of carboxylic acid groups (broad SMARTS) is 1. The fourth-order valence-electron chi connectivity index (χ4n) is 4.42. The molecule has 0 spiro atoms. The molecule has 38 heavy (non-hydrogen) atoms. The standard InChI is InChI=1S/C24H38F3N5O5Si/c1-15(30-22(34)35)14-36-18-8-10-32(20(18)33)17-7-9-31(13-19(17)37-38(5,6)23(2,3)4)21-28-11-16(12-29-21)24(25,26)27/h11-12,15,17-19,30H,7-10,13-14H2,1-6H3,(H,34,35)/t15?,17-,18?,19-/m1/s1. The predicted octanol–water partition coefficient (Wildman–Crippen LogP) is 3.74. The zero-order valence-electron chi connectivity index (χ0n) is 22.7. The first kappa shape index (κ1) is 30.1. The van der Waals surface area contributed by atoms with Crippen LogP contribution >= 0.6 is 0 Å². The number of carbonyl (C=O) groups excluding carboxylic acids is 1. The van der Waals surface area contributed by atoms with E-state index in [0.717, 1.165) is 12.4 Å². The lowest BCUT2D eigenvalue weighted by molar-refractivity contribution is -0.141. The molecule has 2 N–H and O–H groups in total. The summed E-state index contributed by atoms with van der Waals surface area (Å²) in [4.78, 5) is 35.6. The average Bonchev–Trinajstić information content (AvgIpc) is 3.15. The molecule has 4 atom stereocenters. The van der Waals surface area contributed by atoms with Gasteiger partial charge in [-0.25, -0.2) is 14.8 Å². The smallest absolute Gasteiger partial charge is 0.419 e. The van der Waals surface area contributed by atoms with E-state index in [-0.39, 0.29) is 29.5 Å². The van der Waals surface area contributed by atoms with Crippen molar-refractivity contribution < 1.29 is 37.0 Å². The Morgan fingerprint density at radius 1 is 1.21 bits per heavy atom. The number of halogens is 3. The lowest BCUT2D eigenvalue weighted by Gasteiger charge is -2.47. The third kappa shape index (κ3) is 7.14. The Balaban J connectivity index is 1.76. The van der Waals surface area contributed by atoms with E-state index >= 15 is 0 Å². The minimum atomic E-state index is -4.52. The number of hydrogen-bond donors (Lipinski definition) is 2. The van der Waals surface area contributed by atoms with Crippen LogP contribution in [-0.4, -0.2) is 90.8 Å². The number of anilines is 1. The highest BCUT2D eigenvalue weighted by Crippen LogP contribution is 2.39. The Kier molecular flexibility index (Phi) is 8.98. The van der Waals surface area contributed by atoms with Crippen molar-refractivity contribution in [3.8, 4) is 0 Å². The number of rotatable bonds is 8. The summed E-state index contributed by atoms with van der Waals surface area (Å²) in [7, 11) is -2.28. The molecule has 214 valence electrons. The van der Waals surface area contributed by atoms with Gasteiger partial charge in [0.15, 0.2) is 8.32 Å². The van der Waals surface area contributed by atoms with Crippen molar-refractivity contribution in [2.75, 3.05) is 31.1 Å². The molecule has 2 aliphatic rings. The molecular weight excluding hydrogens is 523 g/mol. The van der Waals surface area contributed by atoms with Crippen LogP contribution in [0.1, 0.15) is 46.1 Å². The van der Waals surface area contributed by atoms with Crippen molar-refractivity contribution in [2.45, 2.75) is 89.1 Å². The maximum Gasteiger partial charge on any atom is 0.419 e. The molecule has 0 bridgehead atoms. The number of ether oxygens (including phenoxy) is 1. The summed E-state index contributed by atoms with van der Waals surface area (Å²) in [5, 5.41) is 11.1. The van der Waals surface area contributed by atoms with Gasteiger partial charge in [0.25, 0.3) is 5.91 Å². The van der Waals surface area contributed by atoms with Gasteiger partial charge in [-0.05, 0) is 31.5 Å². The van der Waals surface area contributed by atoms with Gasteiger partial charge in [-0.1, -0.05) is 20.8 Å². The molecule has 0 radical (unpaired) electrons. The van der Waals surface area contributed by atoms with E-state index in [1.807, 2.05) is 4.90 Å². The molecule has 2 saturated heterocycles. The Bertz CT molecular complexity index is 989. The lowest BCUT2D eigenvalue weighted by atomic mass is 10.0. The number of piperidine rings is 1. The van der Waals surface area contributed by atoms with Gasteiger partial charge in [0.2, 0.25) is 5.95 Å². The molecule has 0 aliphatic carbocycles. The molecule has 0 aromatic carbocycles. The first-order valence-corrected chi connectivity index (χ1v) is 15.6. The highest BCUT2D eigenvalue weighted by molar-refractivity contribution is 6.74. The van der Waals surface area contributed by atoms with Crippen molar-refractivity contribution in [2.24, 2.45) is 0 Å². The molecule has 2 unspecified atom stereocenters. The largest absolute Gasteiger partial charge is 0.465 e. The fourth-order valence-corrected chi connectivity index (χ4v) is 5.76. The monoisotopic (exact) mass is 561 g/mol. The highest BCUT2D eigenvalue weighted by Gasteiger charge is 2.47. The molecule has 3 heterocycles. The first-order valence-electron chi connectivity index (χ1n) is 12.7. The zero-order valence-corrected chi connectivity index (χ0v) is 23.7. The van der Waals surface area contributed by atoms with Gasteiger partial charge in [0.05, 0.1) is 30.4 Å². The maximum atomic E-state index is 13.3. The van der Waals surface area contributed by atoms with Crippen LogP contribution in [0.5, 0.6) is 0 Å². The number of amides is 2. The Labute approximate surface area is 222 Å². The van der Waals surface area contributed by atoms with Gasteiger partial charge in [-0.2, -0.15) is 13.2 Å². The van der Waals surface area contributed by atoms with Crippen molar-refractivity contribution in [1.29, 1.82) is 0 Å². The second-order valence-electron chi connectivity index (χ2n) is 11.5. The van der Waals surface area contributed by atoms with Crippen LogP contribution in [0.15, 0.2) is 12.4 Å². The molecule has 10 nitrogen and oxygen atoms in total. The molecule has 2 amide bonds. The minimum absolute atomic E-state index is 0.0736. The molecular formula is C24H38F3N5O5Si. The van der Waals surface area contributed by atoms with E-state index in [1.54, 1.807) is 11.8 Å². The Morgan fingerprint density at radius 3 is 2.39 bits per heavy atom. The quantitative estimate of drug-likeness (QED) is 0.461. The zero-order chi connectivity index (χ0) is 28.5. The van der Waals surface area contributed by atoms with E-state index in [1.165, 1.54) is 0 Å². The summed E-state index contributed by atoms with van der Waals surface area (Å²) in [6.45, 7) is 13.6. The van der Waals surface area contributed by atoms with Crippen molar-refractivity contribution in [3.63, 3.8) is 0 Å². The molecule has 0 saturated carbocycles. The molecule has 14 heteroatoms. The maximum absolute atomic E-state index is 13.3. The van der Waals surface area contributed by atoms with Crippen LogP contribution < -0.4 is 10.2 Å². The third-order valence-corrected chi connectivity index (χ3v) is 12.0. The van der Waals surface area contributed by atoms with Gasteiger partial charge in [-0.15, -0.1) is 0 Å². The first-order chi connectivity index (χ1) is 17.5. The summed E-state index contributed by atoms with van der Waals surface area (Å²) < 4.78 is 51.5. The van der Waals surface area contributed by atoms with E-state index in [4.69, 9.17) is 14.3 Å². The summed E-state index contributed by atoms with van der Waals surface area (Å²) >= 11 is 0. The molecule has 2 aliphatic heterocycles. The normalized spacial score (nSPS) is 24.0. The molecule has 1 aromatic heterocycles. The molecule has 2 fully saturated rings. The average molecular weight is 562 g/mol. The summed E-state index contributed by atoms with van der Waals surface area (Å²) in [6, 6.07) is -0.707. The number of hydrogen-bond acceptors (Lipinski definition) is 7. The Hall–Kier alpha value is -2.45. The molecule has 3 rings (SSSR count). The van der Waals surface area contributed by atoms with Gasteiger partial charge in [0.1, 0.15) is 6.10 Å². The number of likely N-dealkylation sites (tertiary alicyclic amines) is 1. The van der Waals surface area contributed by atoms with Crippen molar-refractivity contribution in [1.82, 2.24) is 20.2 Å². The molecule has 1 aromatic rings. The topological polar surface area (TPSA) is 117 Å². The Morgan fingerprint density at radius 2 is 1.84 bits per heavy atom. The van der Waals surface area contributed by atoms with Gasteiger partial charge in [-0.3, -0.25) is 4.79 Å². The van der Waals surface area contributed by atoms with Gasteiger partial charge >= 0.3 is 12.3 Å². The second kappa shape index (κ2) is 11.3. The third-order valence-electron chi connectivity index (χ3n) is 7.53. The van der Waals surface area contributed by atoms with Crippen molar-refractivity contribution >= 4 is 26.3 Å².